The number of fused-ring (bicyclic) bond motifs is 1. The second kappa shape index (κ2) is 9.58. The van der Waals surface area contributed by atoms with Crippen LogP contribution in [0.5, 0.6) is 11.5 Å². The van der Waals surface area contributed by atoms with Gasteiger partial charge in [0.05, 0.1) is 14.2 Å². The Morgan fingerprint density at radius 1 is 1.03 bits per heavy atom. The quantitative estimate of drug-likeness (QED) is 0.372. The highest BCUT2D eigenvalue weighted by molar-refractivity contribution is 9.10. The standard InChI is InChI=1S/C24H21BrNO3.BrH/c1-28-22-13-18-12-19(24(27)20(18)14-23(22)29-2)11-16-7-9-26(10-8-16)15-17-5-3-4-6-21(17)25;/h3-11,13-14H,12,15H2,1-2H3;1H/q+1;/p-1/b19-11+;. The smallest absolute Gasteiger partial charge is 0.189 e. The van der Waals surface area contributed by atoms with Gasteiger partial charge in [-0.25, -0.2) is 4.57 Å². The summed E-state index contributed by atoms with van der Waals surface area (Å²) in [6, 6.07) is 15.9. The Labute approximate surface area is 195 Å². The van der Waals surface area contributed by atoms with Gasteiger partial charge in [-0.05, 0) is 35.4 Å². The molecule has 0 bridgehead atoms. The first kappa shape index (κ1) is 22.2. The molecule has 0 fully saturated rings. The third kappa shape index (κ3) is 4.50. The third-order valence-corrected chi connectivity index (χ3v) is 5.87. The van der Waals surface area contributed by atoms with Gasteiger partial charge in [-0.1, -0.05) is 34.1 Å². The first-order chi connectivity index (χ1) is 14.1. The Morgan fingerprint density at radius 3 is 2.37 bits per heavy atom. The van der Waals surface area contributed by atoms with Crippen LogP contribution in [0.2, 0.25) is 0 Å². The van der Waals surface area contributed by atoms with Crippen molar-refractivity contribution in [1.29, 1.82) is 0 Å². The summed E-state index contributed by atoms with van der Waals surface area (Å²) in [5.74, 6) is 1.27. The molecule has 1 aliphatic carbocycles. The summed E-state index contributed by atoms with van der Waals surface area (Å²) >= 11 is 3.59. The summed E-state index contributed by atoms with van der Waals surface area (Å²) in [5, 5.41) is 0. The van der Waals surface area contributed by atoms with Crippen LogP contribution in [0.1, 0.15) is 27.0 Å². The van der Waals surface area contributed by atoms with Crippen molar-refractivity contribution in [2.24, 2.45) is 0 Å². The fourth-order valence-electron chi connectivity index (χ4n) is 3.55. The van der Waals surface area contributed by atoms with Crippen LogP contribution in [0, 0.1) is 0 Å². The molecule has 2 aromatic carbocycles. The van der Waals surface area contributed by atoms with Crippen LogP contribution in [0.15, 0.2) is 71.0 Å². The summed E-state index contributed by atoms with van der Waals surface area (Å²) in [6.45, 7) is 0.780. The molecule has 6 heteroatoms. The number of pyridine rings is 1. The van der Waals surface area contributed by atoms with Crippen molar-refractivity contribution in [3.63, 3.8) is 0 Å². The second-order valence-electron chi connectivity index (χ2n) is 6.94. The van der Waals surface area contributed by atoms with Crippen molar-refractivity contribution in [3.05, 3.63) is 93.2 Å². The lowest BCUT2D eigenvalue weighted by atomic mass is 10.1. The molecule has 1 aliphatic rings. The molecule has 30 heavy (non-hydrogen) atoms. The van der Waals surface area contributed by atoms with Crippen LogP contribution in [0.4, 0.5) is 0 Å². The molecule has 0 unspecified atom stereocenters. The van der Waals surface area contributed by atoms with Gasteiger partial charge in [0.2, 0.25) is 0 Å². The average molecular weight is 531 g/mol. The van der Waals surface area contributed by atoms with E-state index in [-0.39, 0.29) is 22.8 Å². The number of ketones is 1. The number of carbonyl (C=O) groups excluding carboxylic acids is 1. The van der Waals surface area contributed by atoms with Gasteiger partial charge in [-0.3, -0.25) is 4.79 Å². The van der Waals surface area contributed by atoms with Gasteiger partial charge in [-0.2, -0.15) is 0 Å². The number of nitrogens with zero attached hydrogens (tertiary/aromatic N) is 1. The SMILES string of the molecule is COc1cc2c(cc1OC)C(=O)/C(=C/c1cc[n+](Cc3ccccc3Br)cc1)C2.[Br-]. The van der Waals surface area contributed by atoms with Crippen LogP contribution in [-0.2, 0) is 13.0 Å². The van der Waals surface area contributed by atoms with Crippen molar-refractivity contribution < 1.29 is 35.8 Å². The second-order valence-corrected chi connectivity index (χ2v) is 7.79. The molecule has 3 aromatic rings. The Balaban J connectivity index is 0.00000256. The molecule has 0 spiro atoms. The molecule has 0 radical (unpaired) electrons. The predicted octanol–water partition coefficient (Wildman–Crippen LogP) is 1.63. The van der Waals surface area contributed by atoms with Gasteiger partial charge in [0.15, 0.2) is 36.2 Å². The number of hydrogen-bond acceptors (Lipinski definition) is 3. The monoisotopic (exact) mass is 529 g/mol. The number of Topliss-reactive ketones (excluding diaryl/α,β-unsaturated/α-hetero) is 1. The fourth-order valence-corrected chi connectivity index (χ4v) is 3.96. The highest BCUT2D eigenvalue weighted by Crippen LogP contribution is 2.36. The van der Waals surface area contributed by atoms with Crippen molar-refractivity contribution in [1.82, 2.24) is 0 Å². The van der Waals surface area contributed by atoms with Gasteiger partial charge >= 0.3 is 0 Å². The lowest BCUT2D eigenvalue weighted by molar-refractivity contribution is -0.688. The first-order valence-electron chi connectivity index (χ1n) is 9.31. The Hall–Kier alpha value is -2.44. The van der Waals surface area contributed by atoms with E-state index in [0.717, 1.165) is 27.7 Å². The molecule has 4 nitrogen and oxygen atoms in total. The Morgan fingerprint density at radius 2 is 1.70 bits per heavy atom. The van der Waals surface area contributed by atoms with E-state index in [4.69, 9.17) is 9.47 Å². The lowest BCUT2D eigenvalue weighted by Crippen LogP contribution is -3.00. The Kier molecular flexibility index (Phi) is 7.10. The highest BCUT2D eigenvalue weighted by Gasteiger charge is 2.27. The van der Waals surface area contributed by atoms with Crippen molar-refractivity contribution in [3.8, 4) is 11.5 Å². The molecule has 0 N–H and O–H groups in total. The minimum Gasteiger partial charge on any atom is -1.00 e. The molecule has 0 amide bonds. The maximum atomic E-state index is 12.8. The topological polar surface area (TPSA) is 39.4 Å². The fraction of sp³-hybridized carbons (Fsp3) is 0.167. The molecular weight excluding hydrogens is 510 g/mol. The van der Waals surface area contributed by atoms with Crippen molar-refractivity contribution in [2.45, 2.75) is 13.0 Å². The molecule has 0 saturated heterocycles. The van der Waals surface area contributed by atoms with Gasteiger partial charge < -0.3 is 26.5 Å². The van der Waals surface area contributed by atoms with E-state index in [9.17, 15) is 4.79 Å². The first-order valence-corrected chi connectivity index (χ1v) is 10.1. The number of rotatable bonds is 5. The normalized spacial score (nSPS) is 13.7. The summed E-state index contributed by atoms with van der Waals surface area (Å²) in [7, 11) is 3.18. The molecule has 1 heterocycles. The van der Waals surface area contributed by atoms with E-state index < -0.39 is 0 Å². The zero-order valence-corrected chi connectivity index (χ0v) is 19.9. The number of methoxy groups -OCH3 is 2. The largest absolute Gasteiger partial charge is 1.00 e. The number of benzene rings is 2. The minimum atomic E-state index is 0. The summed E-state index contributed by atoms with van der Waals surface area (Å²) < 4.78 is 13.9. The summed E-state index contributed by atoms with van der Waals surface area (Å²) in [6.07, 6.45) is 6.62. The number of hydrogen-bond donors (Lipinski definition) is 0. The third-order valence-electron chi connectivity index (χ3n) is 5.10. The van der Waals surface area contributed by atoms with Gasteiger partial charge in [0.1, 0.15) is 0 Å². The predicted molar refractivity (Wildman–Crippen MR) is 115 cm³/mol. The van der Waals surface area contributed by atoms with Crippen LogP contribution in [0.25, 0.3) is 6.08 Å². The molecule has 154 valence electrons. The summed E-state index contributed by atoms with van der Waals surface area (Å²) in [5.41, 5.74) is 4.66. The van der Waals surface area contributed by atoms with E-state index in [2.05, 4.69) is 26.6 Å². The summed E-state index contributed by atoms with van der Waals surface area (Å²) in [4.78, 5) is 12.8. The van der Waals surface area contributed by atoms with E-state index in [1.54, 1.807) is 20.3 Å². The number of aromatic nitrogens is 1. The zero-order chi connectivity index (χ0) is 20.4. The van der Waals surface area contributed by atoms with E-state index >= 15 is 0 Å². The van der Waals surface area contributed by atoms with Gasteiger partial charge in [0, 0.05) is 39.7 Å². The molecule has 0 saturated carbocycles. The van der Waals surface area contributed by atoms with E-state index in [1.807, 2.05) is 54.9 Å². The Bertz CT molecular complexity index is 1110. The maximum Gasteiger partial charge on any atom is 0.189 e. The van der Waals surface area contributed by atoms with Crippen LogP contribution in [-0.4, -0.2) is 20.0 Å². The van der Waals surface area contributed by atoms with E-state index in [0.29, 0.717) is 23.5 Å². The van der Waals surface area contributed by atoms with Gasteiger partial charge in [0.25, 0.3) is 0 Å². The zero-order valence-electron chi connectivity index (χ0n) is 16.7. The van der Waals surface area contributed by atoms with Crippen LogP contribution in [0.3, 0.4) is 0 Å². The van der Waals surface area contributed by atoms with E-state index in [1.165, 1.54) is 5.56 Å². The number of ether oxygens (including phenoxy) is 2. The van der Waals surface area contributed by atoms with Crippen molar-refractivity contribution >= 4 is 27.8 Å². The molecule has 1 aromatic heterocycles. The lowest BCUT2D eigenvalue weighted by Gasteiger charge is -2.08. The highest BCUT2D eigenvalue weighted by atomic mass is 79.9. The molecular formula is C24H21Br2NO3. The van der Waals surface area contributed by atoms with Crippen molar-refractivity contribution in [2.75, 3.05) is 14.2 Å². The molecule has 0 aliphatic heterocycles. The number of allylic oxidation sites excluding steroid dienone is 1. The number of halogens is 2. The van der Waals surface area contributed by atoms with Crippen LogP contribution >= 0.6 is 15.9 Å². The number of carbonyl (C=O) groups is 1. The maximum absolute atomic E-state index is 12.8. The molecule has 0 atom stereocenters. The van der Waals surface area contributed by atoms with Crippen LogP contribution < -0.4 is 31.0 Å². The minimum absolute atomic E-state index is 0. The van der Waals surface area contributed by atoms with Gasteiger partial charge in [-0.15, -0.1) is 0 Å². The average Bonchev–Trinajstić information content (AvgIpc) is 3.04. The molecule has 4 rings (SSSR count).